The zero-order valence-electron chi connectivity index (χ0n) is 13.2. The molecule has 0 radical (unpaired) electrons. The van der Waals surface area contributed by atoms with Crippen LogP contribution < -0.4 is 9.47 Å². The quantitative estimate of drug-likeness (QED) is 0.607. The summed E-state index contributed by atoms with van der Waals surface area (Å²) in [6.07, 6.45) is 0. The van der Waals surface area contributed by atoms with Gasteiger partial charge in [0.25, 0.3) is 0 Å². The predicted molar refractivity (Wildman–Crippen MR) is 91.7 cm³/mol. The summed E-state index contributed by atoms with van der Waals surface area (Å²) in [7, 11) is 3.07. The fourth-order valence-corrected chi connectivity index (χ4v) is 3.41. The van der Waals surface area contributed by atoms with E-state index in [1.807, 2.05) is 31.2 Å². The number of aliphatic hydroxyl groups excluding tert-OH is 1. The topological polar surface area (TPSA) is 64.5 Å². The van der Waals surface area contributed by atoms with E-state index in [0.29, 0.717) is 21.9 Å². The fourth-order valence-electron chi connectivity index (χ4n) is 2.12. The van der Waals surface area contributed by atoms with Crippen LogP contribution in [0.5, 0.6) is 11.8 Å². The van der Waals surface area contributed by atoms with Crippen LogP contribution in [0.15, 0.2) is 35.5 Å². The second-order valence-electron chi connectivity index (χ2n) is 4.88. The highest BCUT2D eigenvalue weighted by Crippen LogP contribution is 2.35. The molecule has 0 bridgehead atoms. The molecule has 0 fully saturated rings. The van der Waals surface area contributed by atoms with Crippen molar-refractivity contribution in [1.29, 1.82) is 0 Å². The predicted octanol–water partition coefficient (Wildman–Crippen LogP) is 3.40. The number of thioether (sulfide) groups is 1. The average Bonchev–Trinajstić information content (AvgIpc) is 2.59. The molecule has 5 nitrogen and oxygen atoms in total. The SMILES string of the molecule is COc1cc(OC)nc(SC(CO)C(C)c2ccccc2Cl)n1. The summed E-state index contributed by atoms with van der Waals surface area (Å²) in [6.45, 7) is 1.99. The molecule has 1 aromatic heterocycles. The summed E-state index contributed by atoms with van der Waals surface area (Å²) >= 11 is 7.62. The molecule has 2 aromatic rings. The minimum Gasteiger partial charge on any atom is -0.481 e. The highest BCUT2D eigenvalue weighted by atomic mass is 35.5. The van der Waals surface area contributed by atoms with Crippen LogP contribution in [0.1, 0.15) is 18.4 Å². The van der Waals surface area contributed by atoms with Crippen LogP contribution in [0.4, 0.5) is 0 Å². The summed E-state index contributed by atoms with van der Waals surface area (Å²) in [5.74, 6) is 0.863. The molecule has 0 saturated heterocycles. The molecule has 0 amide bonds. The maximum atomic E-state index is 9.78. The Morgan fingerprint density at radius 2 is 1.78 bits per heavy atom. The second kappa shape index (κ2) is 8.38. The molecule has 2 atom stereocenters. The van der Waals surface area contributed by atoms with Gasteiger partial charge in [0.2, 0.25) is 11.8 Å². The molecule has 2 rings (SSSR count). The fraction of sp³-hybridized carbons (Fsp3) is 0.375. The van der Waals surface area contributed by atoms with E-state index in [9.17, 15) is 5.11 Å². The maximum absolute atomic E-state index is 9.78. The summed E-state index contributed by atoms with van der Waals surface area (Å²) in [5.41, 5.74) is 0.982. The number of methoxy groups -OCH3 is 2. The Morgan fingerprint density at radius 1 is 1.17 bits per heavy atom. The van der Waals surface area contributed by atoms with Gasteiger partial charge in [-0.1, -0.05) is 48.5 Å². The molecule has 1 aromatic carbocycles. The second-order valence-corrected chi connectivity index (χ2v) is 6.50. The average molecular weight is 355 g/mol. The van der Waals surface area contributed by atoms with E-state index in [4.69, 9.17) is 21.1 Å². The van der Waals surface area contributed by atoms with Crippen molar-refractivity contribution in [3.63, 3.8) is 0 Å². The third-order valence-corrected chi connectivity index (χ3v) is 5.06. The lowest BCUT2D eigenvalue weighted by molar-refractivity contribution is 0.284. The molecular formula is C16H19ClN2O3S. The lowest BCUT2D eigenvalue weighted by Gasteiger charge is -2.22. The van der Waals surface area contributed by atoms with Gasteiger partial charge in [0, 0.05) is 10.3 Å². The number of ether oxygens (including phenoxy) is 2. The normalized spacial score (nSPS) is 13.4. The van der Waals surface area contributed by atoms with Gasteiger partial charge in [-0.25, -0.2) is 0 Å². The largest absolute Gasteiger partial charge is 0.481 e. The summed E-state index contributed by atoms with van der Waals surface area (Å²) in [5, 5.41) is 10.8. The zero-order chi connectivity index (χ0) is 16.8. The molecule has 0 aliphatic carbocycles. The molecule has 7 heteroatoms. The van der Waals surface area contributed by atoms with E-state index in [1.54, 1.807) is 6.07 Å². The van der Waals surface area contributed by atoms with Gasteiger partial charge in [0.05, 0.1) is 26.9 Å². The van der Waals surface area contributed by atoms with Crippen molar-refractivity contribution in [3.8, 4) is 11.8 Å². The molecule has 0 aliphatic rings. The third kappa shape index (κ3) is 4.50. The van der Waals surface area contributed by atoms with E-state index in [2.05, 4.69) is 9.97 Å². The van der Waals surface area contributed by atoms with E-state index in [1.165, 1.54) is 26.0 Å². The summed E-state index contributed by atoms with van der Waals surface area (Å²) < 4.78 is 10.3. The first-order valence-electron chi connectivity index (χ1n) is 7.08. The van der Waals surface area contributed by atoms with Crippen LogP contribution in [-0.2, 0) is 0 Å². The van der Waals surface area contributed by atoms with Gasteiger partial charge in [-0.2, -0.15) is 9.97 Å². The molecule has 0 saturated carbocycles. The third-order valence-electron chi connectivity index (χ3n) is 3.47. The Kier molecular flexibility index (Phi) is 6.50. The number of halogens is 1. The minimum atomic E-state index is -0.147. The van der Waals surface area contributed by atoms with Crippen molar-refractivity contribution in [2.45, 2.75) is 23.2 Å². The first-order chi connectivity index (χ1) is 11.1. The van der Waals surface area contributed by atoms with Crippen molar-refractivity contribution in [2.24, 2.45) is 0 Å². The van der Waals surface area contributed by atoms with Crippen molar-refractivity contribution in [1.82, 2.24) is 9.97 Å². The molecule has 2 unspecified atom stereocenters. The number of aliphatic hydroxyl groups is 1. The maximum Gasteiger partial charge on any atom is 0.220 e. The molecular weight excluding hydrogens is 336 g/mol. The van der Waals surface area contributed by atoms with E-state index in [0.717, 1.165) is 5.56 Å². The van der Waals surface area contributed by atoms with Crippen molar-refractivity contribution in [2.75, 3.05) is 20.8 Å². The van der Waals surface area contributed by atoms with Gasteiger partial charge in [-0.15, -0.1) is 0 Å². The Balaban J connectivity index is 2.24. The zero-order valence-corrected chi connectivity index (χ0v) is 14.8. The van der Waals surface area contributed by atoms with Gasteiger partial charge in [0.1, 0.15) is 0 Å². The monoisotopic (exact) mass is 354 g/mol. The standard InChI is InChI=1S/C16H19ClN2O3S/c1-10(11-6-4-5-7-12(11)17)13(9-20)23-16-18-14(21-2)8-15(19-16)22-3/h4-8,10,13,20H,9H2,1-3H3. The van der Waals surface area contributed by atoms with E-state index in [-0.39, 0.29) is 17.8 Å². The Labute approximate surface area is 145 Å². The lowest BCUT2D eigenvalue weighted by Crippen LogP contribution is -2.18. The molecule has 0 aliphatic heterocycles. The highest BCUT2D eigenvalue weighted by molar-refractivity contribution is 7.99. The summed E-state index contributed by atoms with van der Waals surface area (Å²) in [4.78, 5) is 8.58. The lowest BCUT2D eigenvalue weighted by atomic mass is 9.98. The number of benzene rings is 1. The Bertz CT molecular complexity index is 635. The van der Waals surface area contributed by atoms with Crippen LogP contribution in [0, 0.1) is 0 Å². The number of aromatic nitrogens is 2. The van der Waals surface area contributed by atoms with Crippen LogP contribution in [-0.4, -0.2) is 41.2 Å². The minimum absolute atomic E-state index is 0.0273. The number of hydrogen-bond donors (Lipinski definition) is 1. The molecule has 0 spiro atoms. The van der Waals surface area contributed by atoms with Crippen molar-refractivity contribution in [3.05, 3.63) is 40.9 Å². The van der Waals surface area contributed by atoms with Crippen LogP contribution in [0.3, 0.4) is 0 Å². The number of hydrogen-bond acceptors (Lipinski definition) is 6. The van der Waals surface area contributed by atoms with Crippen LogP contribution >= 0.6 is 23.4 Å². The summed E-state index contributed by atoms with van der Waals surface area (Å²) in [6, 6.07) is 9.23. The Hall–Kier alpha value is -1.50. The van der Waals surface area contributed by atoms with Gasteiger partial charge in [-0.05, 0) is 17.5 Å². The first-order valence-corrected chi connectivity index (χ1v) is 8.33. The van der Waals surface area contributed by atoms with E-state index >= 15 is 0 Å². The smallest absolute Gasteiger partial charge is 0.220 e. The van der Waals surface area contributed by atoms with Gasteiger partial charge in [-0.3, -0.25) is 0 Å². The Morgan fingerprint density at radius 3 is 2.30 bits per heavy atom. The van der Waals surface area contributed by atoms with Crippen LogP contribution in [0.25, 0.3) is 0 Å². The van der Waals surface area contributed by atoms with Crippen molar-refractivity contribution >= 4 is 23.4 Å². The van der Waals surface area contributed by atoms with E-state index < -0.39 is 0 Å². The molecule has 1 N–H and O–H groups in total. The molecule has 1 heterocycles. The molecule has 124 valence electrons. The number of nitrogens with zero attached hydrogens (tertiary/aromatic N) is 2. The van der Waals surface area contributed by atoms with Gasteiger partial charge >= 0.3 is 0 Å². The van der Waals surface area contributed by atoms with Gasteiger partial charge in [0.15, 0.2) is 5.16 Å². The molecule has 23 heavy (non-hydrogen) atoms. The van der Waals surface area contributed by atoms with Crippen LogP contribution in [0.2, 0.25) is 5.02 Å². The number of rotatable bonds is 7. The van der Waals surface area contributed by atoms with Gasteiger partial charge < -0.3 is 14.6 Å². The highest BCUT2D eigenvalue weighted by Gasteiger charge is 2.23. The first kappa shape index (κ1) is 17.8. The van der Waals surface area contributed by atoms with Crippen molar-refractivity contribution < 1.29 is 14.6 Å².